The van der Waals surface area contributed by atoms with Gasteiger partial charge in [-0.15, -0.1) is 5.10 Å². The monoisotopic (exact) mass is 205 g/mol. The third-order valence-corrected chi connectivity index (χ3v) is 2.91. The van der Waals surface area contributed by atoms with Crippen LogP contribution in [0.25, 0.3) is 0 Å². The van der Waals surface area contributed by atoms with E-state index in [0.717, 1.165) is 22.2 Å². The normalized spacial score (nSPS) is 15.8. The van der Waals surface area contributed by atoms with Crippen molar-refractivity contribution in [2.45, 2.75) is 0 Å². The van der Waals surface area contributed by atoms with Gasteiger partial charge < -0.3 is 5.32 Å². The minimum atomic E-state index is 0.879. The second-order valence-electron chi connectivity index (χ2n) is 2.86. The Morgan fingerprint density at radius 2 is 2.00 bits per heavy atom. The van der Waals surface area contributed by atoms with E-state index >= 15 is 0 Å². The average molecular weight is 205 g/mol. The van der Waals surface area contributed by atoms with Gasteiger partial charge in [0.1, 0.15) is 0 Å². The Hall–Kier alpha value is -1.29. The van der Waals surface area contributed by atoms with Gasteiger partial charge in [0.05, 0.1) is 5.71 Å². The molecule has 0 radical (unpaired) electrons. The van der Waals surface area contributed by atoms with Crippen molar-refractivity contribution in [2.24, 2.45) is 10.2 Å². The number of nitrogens with one attached hydrogen (secondary N) is 1. The largest absolute Gasteiger partial charge is 0.366 e. The molecule has 0 atom stereocenters. The van der Waals surface area contributed by atoms with Gasteiger partial charge in [-0.25, -0.2) is 0 Å². The van der Waals surface area contributed by atoms with Gasteiger partial charge in [-0.2, -0.15) is 5.10 Å². The van der Waals surface area contributed by atoms with Crippen molar-refractivity contribution >= 4 is 22.6 Å². The molecular weight excluding hydrogens is 194 g/mol. The number of benzene rings is 1. The highest BCUT2D eigenvalue weighted by atomic mass is 32.2. The van der Waals surface area contributed by atoms with E-state index in [1.165, 1.54) is 0 Å². The van der Waals surface area contributed by atoms with Gasteiger partial charge in [-0.3, -0.25) is 0 Å². The quantitative estimate of drug-likeness (QED) is 0.757. The minimum Gasteiger partial charge on any atom is -0.366 e. The molecule has 72 valence electrons. The maximum atomic E-state index is 4.17. The lowest BCUT2D eigenvalue weighted by Gasteiger charge is -2.10. The number of hydrogen-bond acceptors (Lipinski definition) is 4. The van der Waals surface area contributed by atoms with Crippen LogP contribution in [0.4, 0.5) is 0 Å². The van der Waals surface area contributed by atoms with Gasteiger partial charge in [0.2, 0.25) is 0 Å². The molecule has 1 aromatic rings. The molecule has 0 spiro atoms. The summed E-state index contributed by atoms with van der Waals surface area (Å²) in [6.45, 7) is 0. The average Bonchev–Trinajstić information content (AvgIpc) is 2.30. The summed E-state index contributed by atoms with van der Waals surface area (Å²) in [6, 6.07) is 10.1. The summed E-state index contributed by atoms with van der Waals surface area (Å²) < 4.78 is 0. The van der Waals surface area contributed by atoms with Gasteiger partial charge in [0, 0.05) is 12.8 Å². The van der Waals surface area contributed by atoms with Crippen LogP contribution in [-0.2, 0) is 0 Å². The zero-order valence-corrected chi connectivity index (χ0v) is 8.71. The van der Waals surface area contributed by atoms with E-state index in [1.807, 2.05) is 25.2 Å². The SMILES string of the molecule is CNC1=NN=C(c2ccccc2)CS1. The van der Waals surface area contributed by atoms with Crippen molar-refractivity contribution < 1.29 is 0 Å². The molecule has 1 aliphatic heterocycles. The second-order valence-corrected chi connectivity index (χ2v) is 3.82. The van der Waals surface area contributed by atoms with E-state index in [2.05, 4.69) is 27.7 Å². The summed E-state index contributed by atoms with van der Waals surface area (Å²) >= 11 is 1.67. The highest BCUT2D eigenvalue weighted by molar-refractivity contribution is 8.14. The summed E-state index contributed by atoms with van der Waals surface area (Å²) in [7, 11) is 1.86. The van der Waals surface area contributed by atoms with Gasteiger partial charge in [0.15, 0.2) is 5.17 Å². The van der Waals surface area contributed by atoms with E-state index in [0.29, 0.717) is 0 Å². The maximum Gasteiger partial charge on any atom is 0.183 e. The molecule has 14 heavy (non-hydrogen) atoms. The summed E-state index contributed by atoms with van der Waals surface area (Å²) in [4.78, 5) is 0. The van der Waals surface area contributed by atoms with Crippen LogP contribution < -0.4 is 5.32 Å². The minimum absolute atomic E-state index is 0.879. The van der Waals surface area contributed by atoms with Crippen LogP contribution in [0.2, 0.25) is 0 Å². The highest BCUT2D eigenvalue weighted by Crippen LogP contribution is 2.13. The van der Waals surface area contributed by atoms with Crippen LogP contribution in [0.3, 0.4) is 0 Å². The Kier molecular flexibility index (Phi) is 2.84. The third-order valence-electron chi connectivity index (χ3n) is 1.93. The van der Waals surface area contributed by atoms with Gasteiger partial charge >= 0.3 is 0 Å². The predicted octanol–water partition coefficient (Wildman–Crippen LogP) is 1.71. The van der Waals surface area contributed by atoms with E-state index in [-0.39, 0.29) is 0 Å². The fourth-order valence-electron chi connectivity index (χ4n) is 1.19. The van der Waals surface area contributed by atoms with E-state index in [1.54, 1.807) is 11.8 Å². The van der Waals surface area contributed by atoms with Crippen molar-refractivity contribution in [3.63, 3.8) is 0 Å². The second kappa shape index (κ2) is 4.28. The molecule has 0 aromatic heterocycles. The summed E-state index contributed by atoms with van der Waals surface area (Å²) in [6.07, 6.45) is 0. The van der Waals surface area contributed by atoms with Crippen LogP contribution in [0.15, 0.2) is 40.5 Å². The zero-order valence-electron chi connectivity index (χ0n) is 7.90. The number of hydrogen-bond donors (Lipinski definition) is 1. The molecule has 1 heterocycles. The molecule has 0 aliphatic carbocycles. The molecule has 4 heteroatoms. The fraction of sp³-hybridized carbons (Fsp3) is 0.200. The van der Waals surface area contributed by atoms with Crippen LogP contribution in [0.1, 0.15) is 5.56 Å². The van der Waals surface area contributed by atoms with E-state index in [9.17, 15) is 0 Å². The Morgan fingerprint density at radius 3 is 2.57 bits per heavy atom. The Morgan fingerprint density at radius 1 is 1.21 bits per heavy atom. The molecule has 0 saturated carbocycles. The molecule has 0 unspecified atom stereocenters. The van der Waals surface area contributed by atoms with Crippen molar-refractivity contribution in [1.29, 1.82) is 0 Å². The zero-order chi connectivity index (χ0) is 9.80. The van der Waals surface area contributed by atoms with Crippen LogP contribution in [-0.4, -0.2) is 23.7 Å². The first-order valence-electron chi connectivity index (χ1n) is 4.40. The lowest BCUT2D eigenvalue weighted by atomic mass is 10.1. The summed E-state index contributed by atoms with van der Waals surface area (Å²) in [5.41, 5.74) is 2.19. The van der Waals surface area contributed by atoms with Gasteiger partial charge in [-0.05, 0) is 5.56 Å². The number of nitrogens with zero attached hydrogens (tertiary/aromatic N) is 2. The topological polar surface area (TPSA) is 36.8 Å². The number of thioether (sulfide) groups is 1. The molecule has 2 rings (SSSR count). The molecule has 0 fully saturated rings. The van der Waals surface area contributed by atoms with Gasteiger partial charge in [-0.1, -0.05) is 42.1 Å². The first-order chi connectivity index (χ1) is 6.90. The molecule has 3 nitrogen and oxygen atoms in total. The molecule has 0 amide bonds. The summed E-state index contributed by atoms with van der Waals surface area (Å²) in [5, 5.41) is 12.1. The highest BCUT2D eigenvalue weighted by Gasteiger charge is 2.10. The summed E-state index contributed by atoms with van der Waals surface area (Å²) in [5.74, 6) is 0.879. The number of rotatable bonds is 1. The first-order valence-corrected chi connectivity index (χ1v) is 5.39. The lowest BCUT2D eigenvalue weighted by Crippen LogP contribution is -2.20. The number of amidine groups is 1. The van der Waals surface area contributed by atoms with Crippen molar-refractivity contribution in [3.8, 4) is 0 Å². The molecule has 1 aromatic carbocycles. The first kappa shape index (κ1) is 9.27. The molecule has 0 saturated heterocycles. The lowest BCUT2D eigenvalue weighted by molar-refractivity contribution is 1.13. The van der Waals surface area contributed by atoms with Crippen LogP contribution in [0, 0.1) is 0 Å². The smallest absolute Gasteiger partial charge is 0.183 e. The molecule has 1 N–H and O–H groups in total. The van der Waals surface area contributed by atoms with Crippen molar-refractivity contribution in [1.82, 2.24) is 5.32 Å². The van der Waals surface area contributed by atoms with E-state index < -0.39 is 0 Å². The molecule has 0 bridgehead atoms. The predicted molar refractivity (Wildman–Crippen MR) is 61.9 cm³/mol. The maximum absolute atomic E-state index is 4.17. The Balaban J connectivity index is 2.22. The molecule has 1 aliphatic rings. The Bertz CT molecular complexity index is 370. The fourth-order valence-corrected chi connectivity index (χ4v) is 1.93. The van der Waals surface area contributed by atoms with Gasteiger partial charge in [0.25, 0.3) is 0 Å². The molecular formula is C10H11N3S. The Labute approximate surface area is 87.3 Å². The third kappa shape index (κ3) is 1.96. The van der Waals surface area contributed by atoms with Crippen LogP contribution >= 0.6 is 11.8 Å². The standard InChI is InChI=1S/C10H11N3S/c1-11-10-13-12-9(7-14-10)8-5-3-2-4-6-8/h2-6H,7H2,1H3,(H,11,13). The van der Waals surface area contributed by atoms with E-state index in [4.69, 9.17) is 0 Å². The van der Waals surface area contributed by atoms with Crippen molar-refractivity contribution in [2.75, 3.05) is 12.8 Å². The van der Waals surface area contributed by atoms with Crippen LogP contribution in [0.5, 0.6) is 0 Å². The van der Waals surface area contributed by atoms with Crippen molar-refractivity contribution in [3.05, 3.63) is 35.9 Å².